The number of hydrogen-bond acceptors (Lipinski definition) is 4. The number of amides is 2. The Kier molecular flexibility index (Phi) is 5.82. The van der Waals surface area contributed by atoms with Crippen molar-refractivity contribution in [3.8, 4) is 6.07 Å². The van der Waals surface area contributed by atoms with Crippen molar-refractivity contribution in [1.29, 1.82) is 5.26 Å². The molecule has 2 fully saturated rings. The summed E-state index contributed by atoms with van der Waals surface area (Å²) in [6.07, 6.45) is 0. The summed E-state index contributed by atoms with van der Waals surface area (Å²) < 4.78 is 5.37. The topological polar surface area (TPSA) is 73.6 Å². The van der Waals surface area contributed by atoms with Crippen molar-refractivity contribution in [3.05, 3.63) is 71.3 Å². The van der Waals surface area contributed by atoms with Gasteiger partial charge in [-0.3, -0.25) is 9.59 Å². The van der Waals surface area contributed by atoms with E-state index in [0.29, 0.717) is 37.4 Å². The maximum atomic E-state index is 13.1. The maximum absolute atomic E-state index is 13.1. The van der Waals surface area contributed by atoms with Crippen LogP contribution in [0.25, 0.3) is 0 Å². The highest BCUT2D eigenvalue weighted by atomic mass is 16.5. The lowest BCUT2D eigenvalue weighted by Gasteiger charge is -2.30. The van der Waals surface area contributed by atoms with Crippen LogP contribution in [0.1, 0.15) is 34.5 Å². The molecule has 4 rings (SSSR count). The van der Waals surface area contributed by atoms with Gasteiger partial charge in [0, 0.05) is 43.6 Å². The Labute approximate surface area is 176 Å². The lowest BCUT2D eigenvalue weighted by molar-refractivity contribution is -0.137. The smallest absolute Gasteiger partial charge is 0.253 e. The summed E-state index contributed by atoms with van der Waals surface area (Å²) in [7, 11) is 0. The van der Waals surface area contributed by atoms with Gasteiger partial charge in [-0.05, 0) is 30.7 Å². The van der Waals surface area contributed by atoms with Gasteiger partial charge in [-0.15, -0.1) is 0 Å². The van der Waals surface area contributed by atoms with Gasteiger partial charge in [0.05, 0.1) is 17.7 Å². The summed E-state index contributed by atoms with van der Waals surface area (Å²) in [6.45, 7) is 4.30. The number of ether oxygens (including phenoxy) is 1. The quantitative estimate of drug-likeness (QED) is 0.770. The molecule has 3 atom stereocenters. The molecule has 2 saturated heterocycles. The fourth-order valence-corrected chi connectivity index (χ4v) is 4.72. The Morgan fingerprint density at radius 3 is 2.63 bits per heavy atom. The molecule has 0 saturated carbocycles. The van der Waals surface area contributed by atoms with Gasteiger partial charge in [0.2, 0.25) is 5.91 Å². The van der Waals surface area contributed by atoms with Crippen LogP contribution >= 0.6 is 0 Å². The third kappa shape index (κ3) is 3.81. The predicted octanol–water partition coefficient (Wildman–Crippen LogP) is 2.87. The second kappa shape index (κ2) is 8.68. The van der Waals surface area contributed by atoms with Gasteiger partial charge < -0.3 is 14.5 Å². The van der Waals surface area contributed by atoms with Crippen LogP contribution in [-0.2, 0) is 9.53 Å². The van der Waals surface area contributed by atoms with Crippen molar-refractivity contribution in [2.24, 2.45) is 11.8 Å². The summed E-state index contributed by atoms with van der Waals surface area (Å²) >= 11 is 0. The van der Waals surface area contributed by atoms with Crippen LogP contribution in [0.15, 0.2) is 54.6 Å². The van der Waals surface area contributed by atoms with Gasteiger partial charge in [0.15, 0.2) is 0 Å². The van der Waals surface area contributed by atoms with Gasteiger partial charge >= 0.3 is 0 Å². The first-order valence-corrected chi connectivity index (χ1v) is 10.3. The molecular weight excluding hydrogens is 378 g/mol. The molecule has 0 radical (unpaired) electrons. The SMILES string of the molecule is CCOCC(=O)N1C[C@@H]2CN(C(=O)c3cccc(C#N)c3)C[C@@H]2[C@H]1c1ccccc1. The number of rotatable bonds is 5. The molecule has 2 aliphatic heterocycles. The van der Waals surface area contributed by atoms with Crippen LogP contribution in [-0.4, -0.2) is 54.5 Å². The van der Waals surface area contributed by atoms with Gasteiger partial charge in [-0.2, -0.15) is 5.26 Å². The third-order valence-electron chi connectivity index (χ3n) is 6.08. The van der Waals surface area contributed by atoms with Crippen molar-refractivity contribution in [2.75, 3.05) is 32.8 Å². The van der Waals surface area contributed by atoms with E-state index in [4.69, 9.17) is 10.00 Å². The zero-order valence-electron chi connectivity index (χ0n) is 17.0. The molecule has 2 aliphatic rings. The van der Waals surface area contributed by atoms with Crippen molar-refractivity contribution < 1.29 is 14.3 Å². The number of hydrogen-bond donors (Lipinski definition) is 0. The van der Waals surface area contributed by atoms with Gasteiger partial charge in [0.1, 0.15) is 6.61 Å². The lowest BCUT2D eigenvalue weighted by atomic mass is 9.89. The number of nitrogens with zero attached hydrogens (tertiary/aromatic N) is 3. The van der Waals surface area contributed by atoms with Crippen LogP contribution in [0.3, 0.4) is 0 Å². The minimum atomic E-state index is -0.0626. The number of benzene rings is 2. The molecule has 154 valence electrons. The van der Waals surface area contributed by atoms with Gasteiger partial charge in [0.25, 0.3) is 5.91 Å². The molecule has 0 spiro atoms. The number of carbonyl (C=O) groups is 2. The number of fused-ring (bicyclic) bond motifs is 1. The van der Waals surface area contributed by atoms with E-state index in [-0.39, 0.29) is 36.3 Å². The van der Waals surface area contributed by atoms with Gasteiger partial charge in [-0.25, -0.2) is 0 Å². The molecule has 2 heterocycles. The van der Waals surface area contributed by atoms with Crippen LogP contribution in [0, 0.1) is 23.2 Å². The zero-order valence-corrected chi connectivity index (χ0v) is 17.0. The second-order valence-electron chi connectivity index (χ2n) is 7.87. The summed E-state index contributed by atoms with van der Waals surface area (Å²) in [5, 5.41) is 9.12. The monoisotopic (exact) mass is 403 g/mol. The standard InChI is InChI=1S/C24H25N3O3/c1-2-30-16-22(28)27-14-20-13-26(24(29)19-10-6-7-17(11-19)12-25)15-21(20)23(27)18-8-4-3-5-9-18/h3-11,20-21,23H,2,13-16H2,1H3/t20-,21-,23+/m0/s1. The second-order valence-corrected chi connectivity index (χ2v) is 7.87. The number of carbonyl (C=O) groups excluding carboxylic acids is 2. The van der Waals surface area contributed by atoms with Crippen LogP contribution in [0.4, 0.5) is 0 Å². The first-order chi connectivity index (χ1) is 14.6. The average Bonchev–Trinajstić information content (AvgIpc) is 3.35. The summed E-state index contributed by atoms with van der Waals surface area (Å²) in [5.74, 6) is 0.352. The van der Waals surface area contributed by atoms with Crippen molar-refractivity contribution in [1.82, 2.24) is 9.80 Å². The molecule has 0 aromatic heterocycles. The van der Waals surface area contributed by atoms with E-state index in [1.165, 1.54) is 0 Å². The van der Waals surface area contributed by atoms with Gasteiger partial charge in [-0.1, -0.05) is 36.4 Å². The molecule has 0 bridgehead atoms. The van der Waals surface area contributed by atoms with Crippen molar-refractivity contribution >= 4 is 11.8 Å². The first-order valence-electron chi connectivity index (χ1n) is 10.3. The Morgan fingerprint density at radius 2 is 1.90 bits per heavy atom. The van der Waals surface area contributed by atoms with E-state index in [9.17, 15) is 9.59 Å². The zero-order chi connectivity index (χ0) is 21.1. The van der Waals surface area contributed by atoms with Crippen LogP contribution < -0.4 is 0 Å². The largest absolute Gasteiger partial charge is 0.372 e. The van der Waals surface area contributed by atoms with E-state index in [1.54, 1.807) is 24.3 Å². The molecule has 0 N–H and O–H groups in total. The lowest BCUT2D eigenvalue weighted by Crippen LogP contribution is -2.39. The Morgan fingerprint density at radius 1 is 1.10 bits per heavy atom. The molecule has 2 amide bonds. The van der Waals surface area contributed by atoms with Crippen LogP contribution in [0.5, 0.6) is 0 Å². The van der Waals surface area contributed by atoms with Crippen molar-refractivity contribution in [2.45, 2.75) is 13.0 Å². The highest BCUT2D eigenvalue weighted by molar-refractivity contribution is 5.94. The summed E-state index contributed by atoms with van der Waals surface area (Å²) in [4.78, 5) is 29.7. The predicted molar refractivity (Wildman–Crippen MR) is 111 cm³/mol. The van der Waals surface area contributed by atoms with E-state index in [1.807, 2.05) is 34.9 Å². The molecule has 0 unspecified atom stereocenters. The Hall–Kier alpha value is -3.17. The molecular formula is C24H25N3O3. The normalized spacial score (nSPS) is 22.6. The highest BCUT2D eigenvalue weighted by Crippen LogP contribution is 2.45. The minimum Gasteiger partial charge on any atom is -0.372 e. The summed E-state index contributed by atoms with van der Waals surface area (Å²) in [6, 6.07) is 18.9. The number of likely N-dealkylation sites (tertiary alicyclic amines) is 2. The molecule has 2 aromatic carbocycles. The van der Waals surface area contributed by atoms with Crippen LogP contribution in [0.2, 0.25) is 0 Å². The summed E-state index contributed by atoms with van der Waals surface area (Å²) in [5.41, 5.74) is 2.11. The fourth-order valence-electron chi connectivity index (χ4n) is 4.72. The van der Waals surface area contributed by atoms with E-state index < -0.39 is 0 Å². The Balaban J connectivity index is 1.56. The maximum Gasteiger partial charge on any atom is 0.253 e. The highest BCUT2D eigenvalue weighted by Gasteiger charge is 2.50. The number of nitriles is 1. The molecule has 6 heteroatoms. The molecule has 0 aliphatic carbocycles. The van der Waals surface area contributed by atoms with E-state index >= 15 is 0 Å². The molecule has 2 aromatic rings. The van der Waals surface area contributed by atoms with Crippen molar-refractivity contribution in [3.63, 3.8) is 0 Å². The van der Waals surface area contributed by atoms with E-state index in [0.717, 1.165) is 5.56 Å². The minimum absolute atomic E-state index is 0.000277. The average molecular weight is 403 g/mol. The van der Waals surface area contributed by atoms with E-state index in [2.05, 4.69) is 18.2 Å². The Bertz CT molecular complexity index is 969. The molecule has 6 nitrogen and oxygen atoms in total. The molecule has 30 heavy (non-hydrogen) atoms. The third-order valence-corrected chi connectivity index (χ3v) is 6.08. The fraction of sp³-hybridized carbons (Fsp3) is 0.375. The first kappa shape index (κ1) is 20.1.